The molecule has 2 aromatic rings. The van der Waals surface area contributed by atoms with E-state index in [1.165, 1.54) is 11.3 Å². The summed E-state index contributed by atoms with van der Waals surface area (Å²) in [6.07, 6.45) is 9.23. The van der Waals surface area contributed by atoms with Crippen molar-refractivity contribution in [3.8, 4) is 0 Å². The fourth-order valence-corrected chi connectivity index (χ4v) is 4.29. The zero-order valence-corrected chi connectivity index (χ0v) is 17.1. The number of ketones is 1. The van der Waals surface area contributed by atoms with Crippen molar-refractivity contribution < 1.29 is 9.53 Å². The highest BCUT2D eigenvalue weighted by Gasteiger charge is 2.26. The summed E-state index contributed by atoms with van der Waals surface area (Å²) in [6.45, 7) is 2.68. The van der Waals surface area contributed by atoms with Crippen molar-refractivity contribution in [2.75, 3.05) is 32.6 Å². The molecule has 0 aromatic carbocycles. The van der Waals surface area contributed by atoms with Gasteiger partial charge in [-0.05, 0) is 28.9 Å². The van der Waals surface area contributed by atoms with E-state index in [-0.39, 0.29) is 12.3 Å². The number of thiophene rings is 1. The van der Waals surface area contributed by atoms with Gasteiger partial charge in [0.1, 0.15) is 9.71 Å². The average Bonchev–Trinajstić information content (AvgIpc) is 2.93. The van der Waals surface area contributed by atoms with Crippen LogP contribution < -0.4 is 5.32 Å². The van der Waals surface area contributed by atoms with Crippen LogP contribution in [0.1, 0.15) is 16.6 Å². The Balaban J connectivity index is 2.06. The number of allylic oxidation sites excluding steroid dienone is 2. The zero-order valence-electron chi connectivity index (χ0n) is 14.7. The van der Waals surface area contributed by atoms with Gasteiger partial charge in [-0.1, -0.05) is 12.2 Å². The minimum absolute atomic E-state index is 0.0261. The smallest absolute Gasteiger partial charge is 0.194 e. The maximum absolute atomic E-state index is 12.9. The fourth-order valence-electron chi connectivity index (χ4n) is 2.76. The molecule has 0 spiro atoms. The summed E-state index contributed by atoms with van der Waals surface area (Å²) in [7, 11) is 3.49. The van der Waals surface area contributed by atoms with Crippen LogP contribution in [0.4, 0.5) is 11.4 Å². The molecule has 1 aliphatic heterocycles. The Kier molecular flexibility index (Phi) is 5.85. The first-order valence-corrected chi connectivity index (χ1v) is 9.66. The predicted molar refractivity (Wildman–Crippen MR) is 111 cm³/mol. The molecule has 3 rings (SSSR count). The number of aliphatic imine (C=N–C) groups is 1. The number of nitrogens with one attached hydrogen (secondary N) is 1. The summed E-state index contributed by atoms with van der Waals surface area (Å²) in [6, 6.07) is 0. The van der Waals surface area contributed by atoms with Gasteiger partial charge in [0.25, 0.3) is 0 Å². The van der Waals surface area contributed by atoms with E-state index in [2.05, 4.69) is 31.2 Å². The number of halogens is 1. The first kappa shape index (κ1) is 18.8. The molecule has 1 N–H and O–H groups in total. The molecule has 26 heavy (non-hydrogen) atoms. The second-order valence-electron chi connectivity index (χ2n) is 5.56. The van der Waals surface area contributed by atoms with E-state index in [0.29, 0.717) is 17.2 Å². The van der Waals surface area contributed by atoms with E-state index in [1.54, 1.807) is 19.6 Å². The van der Waals surface area contributed by atoms with E-state index in [0.717, 1.165) is 26.1 Å². The van der Waals surface area contributed by atoms with Crippen molar-refractivity contribution in [3.05, 3.63) is 39.5 Å². The highest BCUT2D eigenvalue weighted by atomic mass is 79.9. The van der Waals surface area contributed by atoms with Crippen molar-refractivity contribution in [3.63, 3.8) is 0 Å². The molecule has 0 fully saturated rings. The Morgan fingerprint density at radius 2 is 2.35 bits per heavy atom. The lowest BCUT2D eigenvalue weighted by molar-refractivity contribution is 0.0980. The van der Waals surface area contributed by atoms with Gasteiger partial charge in [0.05, 0.1) is 40.7 Å². The van der Waals surface area contributed by atoms with Crippen molar-refractivity contribution >= 4 is 61.0 Å². The van der Waals surface area contributed by atoms with Crippen LogP contribution in [0.15, 0.2) is 39.6 Å². The molecule has 0 aliphatic carbocycles. The summed E-state index contributed by atoms with van der Waals surface area (Å²) in [4.78, 5) is 25.2. The quantitative estimate of drug-likeness (QED) is 0.707. The number of methoxy groups -OCH3 is 1. The first-order chi connectivity index (χ1) is 12.6. The van der Waals surface area contributed by atoms with Crippen molar-refractivity contribution in [1.29, 1.82) is 0 Å². The van der Waals surface area contributed by atoms with Crippen LogP contribution in [-0.4, -0.2) is 49.3 Å². The number of hydrogen-bond donors (Lipinski definition) is 1. The number of Topliss-reactive ketones (excluding diaryl/α,β-unsaturated/α-hetero) is 1. The van der Waals surface area contributed by atoms with Crippen LogP contribution >= 0.6 is 27.3 Å². The second-order valence-corrected chi connectivity index (χ2v) is 7.41. The van der Waals surface area contributed by atoms with Crippen molar-refractivity contribution in [1.82, 2.24) is 9.88 Å². The Bertz CT molecular complexity index is 933. The van der Waals surface area contributed by atoms with E-state index < -0.39 is 0 Å². The number of carbonyl (C=O) groups excluding carboxylic acids is 1. The third-order valence-electron chi connectivity index (χ3n) is 3.97. The molecule has 2 aromatic heterocycles. The number of fused-ring (bicyclic) bond motifs is 3. The van der Waals surface area contributed by atoms with Gasteiger partial charge >= 0.3 is 0 Å². The summed E-state index contributed by atoms with van der Waals surface area (Å²) in [5.74, 6) is 0.0261. The molecule has 136 valence electrons. The Labute approximate surface area is 164 Å². The summed E-state index contributed by atoms with van der Waals surface area (Å²) >= 11 is 4.89. The minimum atomic E-state index is 0.0261. The molecule has 0 saturated heterocycles. The van der Waals surface area contributed by atoms with Crippen molar-refractivity contribution in [2.24, 2.45) is 4.99 Å². The first-order valence-electron chi connectivity index (χ1n) is 8.05. The van der Waals surface area contributed by atoms with Crippen LogP contribution in [-0.2, 0) is 4.74 Å². The number of nitrogens with zero attached hydrogens (tertiary/aromatic N) is 3. The number of ether oxygens (including phenoxy) is 1. The van der Waals surface area contributed by atoms with Crippen LogP contribution in [0.2, 0.25) is 0 Å². The highest BCUT2D eigenvalue weighted by molar-refractivity contribution is 9.10. The molecule has 0 radical (unpaired) electrons. The zero-order chi connectivity index (χ0) is 18.7. The Morgan fingerprint density at radius 3 is 3.04 bits per heavy atom. The van der Waals surface area contributed by atoms with E-state index in [9.17, 15) is 4.79 Å². The molecular weight excluding hydrogens is 416 g/mol. The topological polar surface area (TPSA) is 66.8 Å². The van der Waals surface area contributed by atoms with Gasteiger partial charge in [-0.25, -0.2) is 9.98 Å². The molecule has 6 nitrogen and oxygen atoms in total. The molecule has 1 aliphatic rings. The van der Waals surface area contributed by atoms with Crippen LogP contribution in [0.5, 0.6) is 0 Å². The van der Waals surface area contributed by atoms with Gasteiger partial charge < -0.3 is 15.0 Å². The normalized spacial score (nSPS) is 15.0. The third-order valence-corrected chi connectivity index (χ3v) is 5.70. The fraction of sp³-hybridized carbons (Fsp3) is 0.278. The van der Waals surface area contributed by atoms with Crippen LogP contribution in [0, 0.1) is 0 Å². The van der Waals surface area contributed by atoms with Gasteiger partial charge in [0.15, 0.2) is 5.78 Å². The minimum Gasteiger partial charge on any atom is -0.387 e. The van der Waals surface area contributed by atoms with E-state index in [4.69, 9.17) is 4.74 Å². The maximum atomic E-state index is 12.9. The summed E-state index contributed by atoms with van der Waals surface area (Å²) in [5, 5.41) is 4.04. The van der Waals surface area contributed by atoms with E-state index in [1.807, 2.05) is 37.1 Å². The third kappa shape index (κ3) is 3.44. The van der Waals surface area contributed by atoms with Crippen LogP contribution in [0.3, 0.4) is 0 Å². The van der Waals surface area contributed by atoms with Gasteiger partial charge in [0, 0.05) is 26.1 Å². The molecule has 0 saturated carbocycles. The molecule has 8 heteroatoms. The number of anilines is 1. The molecular formula is C18H19BrN4O2S. The lowest BCUT2D eigenvalue weighted by Crippen LogP contribution is -2.26. The molecule has 0 bridgehead atoms. The lowest BCUT2D eigenvalue weighted by Gasteiger charge is -2.18. The lowest BCUT2D eigenvalue weighted by atomic mass is 10.2. The number of carbonyl (C=O) groups is 1. The maximum Gasteiger partial charge on any atom is 0.194 e. The van der Waals surface area contributed by atoms with Gasteiger partial charge in [-0.2, -0.15) is 0 Å². The van der Waals surface area contributed by atoms with Gasteiger partial charge in [-0.15, -0.1) is 11.3 Å². The predicted octanol–water partition coefficient (Wildman–Crippen LogP) is 4.37. The number of hydrogen-bond acceptors (Lipinski definition) is 7. The average molecular weight is 435 g/mol. The Hall–Kier alpha value is -2.03. The molecule has 0 unspecified atom stereocenters. The Morgan fingerprint density at radius 1 is 1.54 bits per heavy atom. The number of rotatable bonds is 5. The largest absolute Gasteiger partial charge is 0.387 e. The molecule has 0 amide bonds. The van der Waals surface area contributed by atoms with Gasteiger partial charge in [0.2, 0.25) is 0 Å². The SMILES string of the molecule is C/C=C(\C=C/COC)N1C=Nc2c(sc3ncc(Br)c(NC)c23)C(=O)C1. The molecule has 0 atom stereocenters. The summed E-state index contributed by atoms with van der Waals surface area (Å²) in [5.41, 5.74) is 2.45. The molecule has 3 heterocycles. The summed E-state index contributed by atoms with van der Waals surface area (Å²) < 4.78 is 5.88. The van der Waals surface area contributed by atoms with Crippen molar-refractivity contribution in [2.45, 2.75) is 6.92 Å². The number of aromatic nitrogens is 1. The van der Waals surface area contributed by atoms with E-state index >= 15 is 0 Å². The van der Waals surface area contributed by atoms with Gasteiger partial charge in [-0.3, -0.25) is 4.79 Å². The standard InChI is InChI=1S/C18H19BrN4O2S/c1-4-11(6-5-7-25-3)23-9-13(24)17-16(22-10-23)14-15(20-2)12(19)8-21-18(14)26-17/h4-6,8,10H,7,9H2,1-3H3,(H,20,21)/b6-5-,11-4+. The second kappa shape index (κ2) is 8.11. The monoisotopic (exact) mass is 434 g/mol. The highest BCUT2D eigenvalue weighted by Crippen LogP contribution is 2.44. The number of pyridine rings is 1. The van der Waals surface area contributed by atoms with Crippen LogP contribution in [0.25, 0.3) is 10.2 Å².